The monoisotopic (exact) mass is 323 g/mol. The van der Waals surface area contributed by atoms with Crippen LogP contribution in [-0.2, 0) is 4.79 Å². The van der Waals surface area contributed by atoms with E-state index in [2.05, 4.69) is 17.9 Å². The van der Waals surface area contributed by atoms with Crippen LogP contribution in [0.2, 0.25) is 0 Å². The molecule has 0 rings (SSSR count). The summed E-state index contributed by atoms with van der Waals surface area (Å²) in [6.45, 7) is 0.0958. The number of allylic oxidation sites excluding steroid dienone is 2. The lowest BCUT2D eigenvalue weighted by molar-refractivity contribution is -0.480. The van der Waals surface area contributed by atoms with Crippen molar-refractivity contribution in [2.24, 2.45) is 0 Å². The molecule has 0 spiro atoms. The van der Waals surface area contributed by atoms with Crippen LogP contribution in [0.1, 0.15) is 77.0 Å². The molecule has 130 valence electrons. The number of carboxylic acid groups (broad SMARTS) is 1. The first-order chi connectivity index (χ1) is 11.1. The highest BCUT2D eigenvalue weighted by Crippen LogP contribution is 2.06. The molecule has 23 heavy (non-hydrogen) atoms. The Hall–Kier alpha value is -1.83. The van der Waals surface area contributed by atoms with Gasteiger partial charge >= 0.3 is 5.97 Å². The second kappa shape index (κ2) is 16.5. The van der Waals surface area contributed by atoms with Crippen LogP contribution in [0.4, 0.5) is 0 Å². The number of nitrogens with zero attached hydrogens (tertiary/aromatic N) is 1. The average molecular weight is 323 g/mol. The molecule has 0 unspecified atom stereocenters. The van der Waals surface area contributed by atoms with Crippen molar-refractivity contribution >= 4 is 5.97 Å². The number of unbranched alkanes of at least 4 members (excludes halogenated alkanes) is 8. The summed E-state index contributed by atoms with van der Waals surface area (Å²) in [5, 5.41) is 18.6. The summed E-state index contributed by atoms with van der Waals surface area (Å²) in [4.78, 5) is 20.2. The van der Waals surface area contributed by atoms with Gasteiger partial charge in [-0.15, -0.1) is 5.92 Å². The summed E-state index contributed by atoms with van der Waals surface area (Å²) < 4.78 is 0. The SMILES string of the molecule is O=C(O)CCCCC=CCC#CCCCCCCCC[N+](=O)[O-]. The van der Waals surface area contributed by atoms with E-state index in [0.717, 1.165) is 64.2 Å². The minimum Gasteiger partial charge on any atom is -0.481 e. The lowest BCUT2D eigenvalue weighted by Gasteiger charge is -1.97. The third-order valence-electron chi connectivity index (χ3n) is 3.42. The van der Waals surface area contributed by atoms with Crippen molar-refractivity contribution in [3.05, 3.63) is 22.3 Å². The van der Waals surface area contributed by atoms with E-state index in [0.29, 0.717) is 6.42 Å². The standard InChI is InChI=1S/C18H29NO4/c20-18(21)16-14-12-10-8-6-4-2-1-3-5-7-9-11-13-15-17-19(22)23/h6,8H,3-5,7,9-17H2,(H,20,21). The van der Waals surface area contributed by atoms with Gasteiger partial charge in [-0.3, -0.25) is 14.9 Å². The van der Waals surface area contributed by atoms with Gasteiger partial charge in [0.2, 0.25) is 6.54 Å². The maximum Gasteiger partial charge on any atom is 0.303 e. The number of carboxylic acids is 1. The largest absolute Gasteiger partial charge is 0.481 e. The van der Waals surface area contributed by atoms with E-state index < -0.39 is 5.97 Å². The number of nitro groups is 1. The lowest BCUT2D eigenvalue weighted by atomic mass is 10.1. The van der Waals surface area contributed by atoms with E-state index in [-0.39, 0.29) is 17.9 Å². The Morgan fingerprint density at radius 3 is 2.35 bits per heavy atom. The van der Waals surface area contributed by atoms with Gasteiger partial charge in [0.1, 0.15) is 0 Å². The van der Waals surface area contributed by atoms with Crippen LogP contribution in [0.25, 0.3) is 0 Å². The van der Waals surface area contributed by atoms with Gasteiger partial charge in [-0.25, -0.2) is 0 Å². The smallest absolute Gasteiger partial charge is 0.303 e. The number of rotatable bonds is 14. The second-order valence-electron chi connectivity index (χ2n) is 5.60. The summed E-state index contributed by atoms with van der Waals surface area (Å²) in [6.07, 6.45) is 14.7. The van der Waals surface area contributed by atoms with Crippen molar-refractivity contribution < 1.29 is 14.8 Å². The Morgan fingerprint density at radius 2 is 1.65 bits per heavy atom. The Labute approximate surface area is 139 Å². The zero-order valence-corrected chi connectivity index (χ0v) is 14.0. The molecule has 5 heteroatoms. The molecule has 0 aromatic rings. The summed E-state index contributed by atoms with van der Waals surface area (Å²) in [5.74, 6) is 5.54. The molecule has 5 nitrogen and oxygen atoms in total. The van der Waals surface area contributed by atoms with E-state index in [1.807, 2.05) is 6.08 Å². The minimum atomic E-state index is -0.726. The van der Waals surface area contributed by atoms with E-state index in [9.17, 15) is 14.9 Å². The van der Waals surface area contributed by atoms with Crippen molar-refractivity contribution in [1.82, 2.24) is 0 Å². The predicted octanol–water partition coefficient (Wildman–Crippen LogP) is 4.59. The van der Waals surface area contributed by atoms with Crippen LogP contribution < -0.4 is 0 Å². The first-order valence-corrected chi connectivity index (χ1v) is 8.57. The molecule has 0 bridgehead atoms. The van der Waals surface area contributed by atoms with Crippen molar-refractivity contribution in [3.63, 3.8) is 0 Å². The molecule has 0 radical (unpaired) electrons. The number of hydrogen-bond acceptors (Lipinski definition) is 3. The average Bonchev–Trinajstić information content (AvgIpc) is 2.49. The molecule has 0 saturated heterocycles. The Bertz CT molecular complexity index is 407. The highest BCUT2D eigenvalue weighted by atomic mass is 16.6. The van der Waals surface area contributed by atoms with Crippen molar-refractivity contribution in [3.8, 4) is 11.8 Å². The normalized spacial score (nSPS) is 10.4. The first-order valence-electron chi connectivity index (χ1n) is 8.57. The van der Waals surface area contributed by atoms with Crippen LogP contribution in [0, 0.1) is 22.0 Å². The van der Waals surface area contributed by atoms with Crippen molar-refractivity contribution in [1.29, 1.82) is 0 Å². The third kappa shape index (κ3) is 20.2. The zero-order valence-electron chi connectivity index (χ0n) is 14.0. The molecule has 0 aliphatic carbocycles. The van der Waals surface area contributed by atoms with Crippen LogP contribution in [-0.4, -0.2) is 22.5 Å². The topological polar surface area (TPSA) is 80.4 Å². The highest BCUT2D eigenvalue weighted by Gasteiger charge is 1.96. The molecule has 0 saturated carbocycles. The van der Waals surface area contributed by atoms with Crippen LogP contribution in [0.3, 0.4) is 0 Å². The number of carbonyl (C=O) groups is 1. The van der Waals surface area contributed by atoms with Crippen molar-refractivity contribution in [2.45, 2.75) is 77.0 Å². The quantitative estimate of drug-likeness (QED) is 0.167. The first kappa shape index (κ1) is 21.2. The van der Waals surface area contributed by atoms with Gasteiger partial charge < -0.3 is 5.11 Å². The lowest BCUT2D eigenvalue weighted by Crippen LogP contribution is -1.99. The fraction of sp³-hybridized carbons (Fsp3) is 0.722. The zero-order chi connectivity index (χ0) is 17.2. The van der Waals surface area contributed by atoms with E-state index >= 15 is 0 Å². The summed E-state index contributed by atoms with van der Waals surface area (Å²) in [7, 11) is 0. The highest BCUT2D eigenvalue weighted by molar-refractivity contribution is 5.66. The summed E-state index contributed by atoms with van der Waals surface area (Å²) in [5.41, 5.74) is 0. The van der Waals surface area contributed by atoms with Crippen LogP contribution >= 0.6 is 0 Å². The van der Waals surface area contributed by atoms with E-state index in [4.69, 9.17) is 5.11 Å². The second-order valence-corrected chi connectivity index (χ2v) is 5.60. The maximum absolute atomic E-state index is 10.3. The van der Waals surface area contributed by atoms with Crippen LogP contribution in [0.5, 0.6) is 0 Å². The Kier molecular flexibility index (Phi) is 15.2. The Balaban J connectivity index is 3.26. The van der Waals surface area contributed by atoms with E-state index in [1.165, 1.54) is 0 Å². The minimum absolute atomic E-state index is 0.0958. The fourth-order valence-electron chi connectivity index (χ4n) is 2.12. The predicted molar refractivity (Wildman–Crippen MR) is 91.8 cm³/mol. The van der Waals surface area contributed by atoms with Gasteiger partial charge in [-0.05, 0) is 32.1 Å². The van der Waals surface area contributed by atoms with E-state index in [1.54, 1.807) is 0 Å². The van der Waals surface area contributed by atoms with Gasteiger partial charge in [0.05, 0.1) is 0 Å². The number of hydrogen-bond donors (Lipinski definition) is 1. The molecule has 1 N–H and O–H groups in total. The molecule has 0 aromatic heterocycles. The van der Waals surface area contributed by atoms with Crippen molar-refractivity contribution in [2.75, 3.05) is 6.54 Å². The van der Waals surface area contributed by atoms with Gasteiger partial charge in [-0.2, -0.15) is 0 Å². The van der Waals surface area contributed by atoms with Crippen LogP contribution in [0.15, 0.2) is 12.2 Å². The third-order valence-corrected chi connectivity index (χ3v) is 3.42. The molecule has 0 heterocycles. The molecular formula is C18H29NO4. The van der Waals surface area contributed by atoms with Gasteiger partial charge in [0.25, 0.3) is 0 Å². The molecule has 0 aliphatic heterocycles. The van der Waals surface area contributed by atoms with Gasteiger partial charge in [-0.1, -0.05) is 37.3 Å². The molecule has 0 aromatic carbocycles. The van der Waals surface area contributed by atoms with Gasteiger partial charge in [0, 0.05) is 30.6 Å². The molecule has 0 fully saturated rings. The number of aliphatic carboxylic acids is 1. The molecule has 0 atom stereocenters. The van der Waals surface area contributed by atoms with Gasteiger partial charge in [0.15, 0.2) is 0 Å². The molecule has 0 amide bonds. The molecular weight excluding hydrogens is 294 g/mol. The fourth-order valence-corrected chi connectivity index (χ4v) is 2.12. The Morgan fingerprint density at radius 1 is 0.957 bits per heavy atom. The summed E-state index contributed by atoms with van der Waals surface area (Å²) in [6, 6.07) is 0. The summed E-state index contributed by atoms with van der Waals surface area (Å²) >= 11 is 0. The maximum atomic E-state index is 10.3. The molecule has 0 aliphatic rings.